The maximum Gasteiger partial charge on any atom is 0.277 e. The molecular formula is C16H16N4OS. The monoisotopic (exact) mass is 312 g/mol. The lowest BCUT2D eigenvalue weighted by molar-refractivity contribution is 0.102. The second kappa shape index (κ2) is 5.73. The van der Waals surface area contributed by atoms with E-state index in [1.165, 1.54) is 16.9 Å². The normalized spacial score (nSPS) is 10.7. The summed E-state index contributed by atoms with van der Waals surface area (Å²) in [6.07, 6.45) is 0. The van der Waals surface area contributed by atoms with Crippen molar-refractivity contribution in [3.8, 4) is 11.3 Å². The van der Waals surface area contributed by atoms with E-state index in [0.29, 0.717) is 10.8 Å². The summed E-state index contributed by atoms with van der Waals surface area (Å²) in [5.74, 6) is -0.242. The Labute approximate surface area is 132 Å². The highest BCUT2D eigenvalue weighted by Crippen LogP contribution is 2.25. The number of hydrogen-bond donors (Lipinski definition) is 1. The Morgan fingerprint density at radius 1 is 1.23 bits per heavy atom. The van der Waals surface area contributed by atoms with Gasteiger partial charge in [0.05, 0.1) is 5.69 Å². The number of anilines is 1. The van der Waals surface area contributed by atoms with Gasteiger partial charge >= 0.3 is 0 Å². The molecule has 112 valence electrons. The smallest absolute Gasteiger partial charge is 0.277 e. The Kier molecular flexibility index (Phi) is 3.77. The zero-order valence-electron chi connectivity index (χ0n) is 12.6. The van der Waals surface area contributed by atoms with Gasteiger partial charge in [-0.25, -0.2) is 4.98 Å². The molecule has 1 aromatic carbocycles. The van der Waals surface area contributed by atoms with Gasteiger partial charge in [-0.3, -0.25) is 14.8 Å². The molecule has 1 N–H and O–H groups in total. The summed E-state index contributed by atoms with van der Waals surface area (Å²) >= 11 is 1.40. The van der Waals surface area contributed by atoms with Crippen molar-refractivity contribution in [1.82, 2.24) is 14.8 Å². The molecule has 0 bridgehead atoms. The Balaban J connectivity index is 1.76. The summed E-state index contributed by atoms with van der Waals surface area (Å²) in [5, 5.41) is 9.46. The van der Waals surface area contributed by atoms with Crippen molar-refractivity contribution in [3.05, 3.63) is 52.7 Å². The number of nitrogens with zero attached hydrogens (tertiary/aromatic N) is 3. The van der Waals surface area contributed by atoms with Crippen molar-refractivity contribution in [3.63, 3.8) is 0 Å². The van der Waals surface area contributed by atoms with Gasteiger partial charge in [0, 0.05) is 23.7 Å². The molecule has 3 rings (SSSR count). The van der Waals surface area contributed by atoms with Crippen LogP contribution in [0.15, 0.2) is 35.7 Å². The largest absolute Gasteiger partial charge is 0.296 e. The van der Waals surface area contributed by atoms with Crippen LogP contribution in [0.3, 0.4) is 0 Å². The molecule has 0 unspecified atom stereocenters. The van der Waals surface area contributed by atoms with Crippen molar-refractivity contribution >= 4 is 22.4 Å². The minimum absolute atomic E-state index is 0.242. The lowest BCUT2D eigenvalue weighted by Crippen LogP contribution is -2.12. The molecule has 0 aliphatic carbocycles. The van der Waals surface area contributed by atoms with E-state index in [1.54, 1.807) is 10.7 Å². The second-order valence-electron chi connectivity index (χ2n) is 5.15. The van der Waals surface area contributed by atoms with Gasteiger partial charge in [0.25, 0.3) is 5.91 Å². The quantitative estimate of drug-likeness (QED) is 0.806. The van der Waals surface area contributed by atoms with Crippen molar-refractivity contribution in [2.45, 2.75) is 13.8 Å². The van der Waals surface area contributed by atoms with Crippen LogP contribution in [-0.4, -0.2) is 20.7 Å². The van der Waals surface area contributed by atoms with Gasteiger partial charge in [0.2, 0.25) is 0 Å². The summed E-state index contributed by atoms with van der Waals surface area (Å²) in [5.41, 5.74) is 4.43. The first-order chi connectivity index (χ1) is 10.5. The SMILES string of the molecule is Cc1ccc(-c2csc(NC(=O)c3cc(C)n(C)n3)n2)cc1. The van der Waals surface area contributed by atoms with Crippen molar-refractivity contribution in [2.75, 3.05) is 5.32 Å². The summed E-state index contributed by atoms with van der Waals surface area (Å²) in [4.78, 5) is 16.6. The summed E-state index contributed by atoms with van der Waals surface area (Å²) in [6, 6.07) is 9.90. The molecule has 0 atom stereocenters. The molecule has 0 fully saturated rings. The van der Waals surface area contributed by atoms with Crippen LogP contribution in [0.1, 0.15) is 21.7 Å². The zero-order chi connectivity index (χ0) is 15.7. The first-order valence-electron chi connectivity index (χ1n) is 6.87. The van der Waals surface area contributed by atoms with Crippen LogP contribution in [0.5, 0.6) is 0 Å². The topological polar surface area (TPSA) is 59.8 Å². The van der Waals surface area contributed by atoms with Gasteiger partial charge in [-0.15, -0.1) is 11.3 Å². The van der Waals surface area contributed by atoms with Crippen molar-refractivity contribution in [1.29, 1.82) is 0 Å². The number of thiazole rings is 1. The Bertz CT molecular complexity index is 798. The van der Waals surface area contributed by atoms with Crippen molar-refractivity contribution in [2.24, 2.45) is 7.05 Å². The molecule has 0 aliphatic rings. The van der Waals surface area contributed by atoms with E-state index in [9.17, 15) is 4.79 Å². The molecule has 5 nitrogen and oxygen atoms in total. The number of benzene rings is 1. The fraction of sp³-hybridized carbons (Fsp3) is 0.188. The molecule has 0 spiro atoms. The van der Waals surface area contributed by atoms with Crippen LogP contribution >= 0.6 is 11.3 Å². The Morgan fingerprint density at radius 3 is 2.59 bits per heavy atom. The van der Waals surface area contributed by atoms with E-state index in [2.05, 4.69) is 15.4 Å². The number of aryl methyl sites for hydroxylation is 3. The van der Waals surface area contributed by atoms with E-state index >= 15 is 0 Å². The first kappa shape index (κ1) is 14.5. The number of hydrogen-bond acceptors (Lipinski definition) is 4. The number of rotatable bonds is 3. The summed E-state index contributed by atoms with van der Waals surface area (Å²) in [7, 11) is 1.81. The molecule has 0 saturated heterocycles. The lowest BCUT2D eigenvalue weighted by Gasteiger charge is -1.99. The number of amides is 1. The van der Waals surface area contributed by atoms with Crippen LogP contribution in [0.2, 0.25) is 0 Å². The fourth-order valence-corrected chi connectivity index (χ4v) is 2.74. The maximum atomic E-state index is 12.1. The van der Waals surface area contributed by atoms with Crippen LogP contribution in [-0.2, 0) is 7.05 Å². The van der Waals surface area contributed by atoms with Gasteiger partial charge in [-0.05, 0) is 19.9 Å². The van der Waals surface area contributed by atoms with E-state index in [-0.39, 0.29) is 5.91 Å². The third-order valence-corrected chi connectivity index (χ3v) is 4.18. The molecule has 3 aromatic rings. The summed E-state index contributed by atoms with van der Waals surface area (Å²) in [6.45, 7) is 3.95. The van der Waals surface area contributed by atoms with Crippen LogP contribution in [0, 0.1) is 13.8 Å². The van der Waals surface area contributed by atoms with Gasteiger partial charge < -0.3 is 0 Å². The van der Waals surface area contributed by atoms with Crippen LogP contribution in [0.4, 0.5) is 5.13 Å². The van der Waals surface area contributed by atoms with Gasteiger partial charge in [-0.1, -0.05) is 29.8 Å². The third kappa shape index (κ3) is 2.92. The average Bonchev–Trinajstić information content (AvgIpc) is 3.08. The Morgan fingerprint density at radius 2 is 1.95 bits per heavy atom. The highest BCUT2D eigenvalue weighted by molar-refractivity contribution is 7.14. The second-order valence-corrected chi connectivity index (χ2v) is 6.01. The minimum atomic E-state index is -0.242. The van der Waals surface area contributed by atoms with Gasteiger partial charge in [0.15, 0.2) is 10.8 Å². The molecule has 0 saturated carbocycles. The molecule has 6 heteroatoms. The average molecular weight is 312 g/mol. The van der Waals surface area contributed by atoms with Gasteiger partial charge in [0.1, 0.15) is 0 Å². The summed E-state index contributed by atoms with van der Waals surface area (Å²) < 4.78 is 1.68. The molecule has 2 aromatic heterocycles. The number of nitrogens with one attached hydrogen (secondary N) is 1. The highest BCUT2D eigenvalue weighted by atomic mass is 32.1. The van der Waals surface area contributed by atoms with Gasteiger partial charge in [-0.2, -0.15) is 5.10 Å². The predicted molar refractivity (Wildman–Crippen MR) is 88.2 cm³/mol. The Hall–Kier alpha value is -2.47. The maximum absolute atomic E-state index is 12.1. The molecule has 2 heterocycles. The molecule has 0 aliphatic heterocycles. The number of carbonyl (C=O) groups is 1. The first-order valence-corrected chi connectivity index (χ1v) is 7.75. The van der Waals surface area contributed by atoms with E-state index < -0.39 is 0 Å². The standard InChI is InChI=1S/C16H16N4OS/c1-10-4-6-12(7-5-10)14-9-22-16(17-14)18-15(21)13-8-11(2)20(3)19-13/h4-9H,1-3H3,(H,17,18,21). The van der Waals surface area contributed by atoms with Crippen LogP contribution in [0.25, 0.3) is 11.3 Å². The predicted octanol–water partition coefficient (Wildman–Crippen LogP) is 3.41. The zero-order valence-corrected chi connectivity index (χ0v) is 13.4. The number of carbonyl (C=O) groups excluding carboxylic acids is 1. The van der Waals surface area contributed by atoms with Crippen LogP contribution < -0.4 is 5.32 Å². The van der Waals surface area contributed by atoms with E-state index in [1.807, 2.05) is 50.5 Å². The molecule has 1 amide bonds. The number of aromatic nitrogens is 3. The van der Waals surface area contributed by atoms with E-state index in [0.717, 1.165) is 17.0 Å². The minimum Gasteiger partial charge on any atom is -0.296 e. The highest BCUT2D eigenvalue weighted by Gasteiger charge is 2.13. The molecular weight excluding hydrogens is 296 g/mol. The molecule has 0 radical (unpaired) electrons. The third-order valence-electron chi connectivity index (χ3n) is 3.42. The van der Waals surface area contributed by atoms with Crippen molar-refractivity contribution < 1.29 is 4.79 Å². The van der Waals surface area contributed by atoms with E-state index in [4.69, 9.17) is 0 Å². The fourth-order valence-electron chi connectivity index (χ4n) is 2.02. The molecule has 22 heavy (non-hydrogen) atoms. The lowest BCUT2D eigenvalue weighted by atomic mass is 10.1.